The number of nitrogens with one attached hydrogen (secondary N) is 1. The van der Waals surface area contributed by atoms with Crippen LogP contribution in [0.1, 0.15) is 43.4 Å². The van der Waals surface area contributed by atoms with Crippen molar-refractivity contribution in [3.8, 4) is 17.6 Å². The van der Waals surface area contributed by atoms with E-state index in [4.69, 9.17) is 0 Å². The first-order valence-electron chi connectivity index (χ1n) is 9.99. The number of fused-ring (bicyclic) bond motifs is 1. The average Bonchev–Trinajstić information content (AvgIpc) is 2.99. The summed E-state index contributed by atoms with van der Waals surface area (Å²) >= 11 is 0. The van der Waals surface area contributed by atoms with E-state index in [1.54, 1.807) is 4.72 Å². The van der Waals surface area contributed by atoms with Crippen LogP contribution in [0.25, 0.3) is 22.4 Å². The van der Waals surface area contributed by atoms with Crippen molar-refractivity contribution in [3.05, 3.63) is 41.7 Å². The Morgan fingerprint density at radius 1 is 1.25 bits per heavy atom. The van der Waals surface area contributed by atoms with Crippen LogP contribution in [0.15, 0.2) is 35.5 Å². The lowest BCUT2D eigenvalue weighted by Gasteiger charge is -2.29. The lowest BCUT2D eigenvalue weighted by molar-refractivity contribution is -0.147. The minimum atomic E-state index is -4.72. The molecule has 1 N–H and O–H groups in total. The highest BCUT2D eigenvalue weighted by atomic mass is 32.2. The molecule has 0 spiro atoms. The van der Waals surface area contributed by atoms with Gasteiger partial charge in [0.15, 0.2) is 5.82 Å². The zero-order chi connectivity index (χ0) is 23.3. The third-order valence-electron chi connectivity index (χ3n) is 5.68. The summed E-state index contributed by atoms with van der Waals surface area (Å²) < 4.78 is 66.5. The van der Waals surface area contributed by atoms with Crippen LogP contribution >= 0.6 is 0 Å². The maximum absolute atomic E-state index is 12.8. The molecule has 3 aromatic rings. The molecule has 11 heteroatoms. The van der Waals surface area contributed by atoms with E-state index < -0.39 is 27.1 Å². The molecule has 2 heterocycles. The van der Waals surface area contributed by atoms with Crippen molar-refractivity contribution in [3.63, 3.8) is 0 Å². The lowest BCUT2D eigenvalue weighted by Crippen LogP contribution is -2.43. The Labute approximate surface area is 183 Å². The van der Waals surface area contributed by atoms with Crippen LogP contribution in [0.4, 0.5) is 13.2 Å². The van der Waals surface area contributed by atoms with Gasteiger partial charge in [-0.3, -0.25) is 0 Å². The Morgan fingerprint density at radius 2 is 1.91 bits per heavy atom. The summed E-state index contributed by atoms with van der Waals surface area (Å²) in [4.78, 5) is 7.77. The normalized spacial score (nSPS) is 16.0. The van der Waals surface area contributed by atoms with E-state index in [2.05, 4.69) is 16.0 Å². The lowest BCUT2D eigenvalue weighted by atomic mass is 9.92. The summed E-state index contributed by atoms with van der Waals surface area (Å²) in [6, 6.07) is 5.92. The summed E-state index contributed by atoms with van der Waals surface area (Å²) in [7, 11) is -4.47. The highest BCUT2D eigenvalue weighted by Crippen LogP contribution is 2.41. The predicted octanol–water partition coefficient (Wildman–Crippen LogP) is 4.23. The van der Waals surface area contributed by atoms with Gasteiger partial charge < -0.3 is 4.57 Å². The van der Waals surface area contributed by atoms with Gasteiger partial charge in [0.25, 0.3) is 0 Å². The number of benzene rings is 1. The van der Waals surface area contributed by atoms with Gasteiger partial charge in [0, 0.05) is 11.4 Å². The number of aryl methyl sites for hydroxylation is 1. The SMILES string of the molecule is Cc1ccc2c(c1)c(C#N)c(-c1ncc(S(=O)(=O)N[C@@H](C)C(F)(F)F)cn1)n2C1CCC1. The first-order chi connectivity index (χ1) is 15.0. The minimum absolute atomic E-state index is 0.144. The van der Waals surface area contributed by atoms with Crippen molar-refractivity contribution in [2.45, 2.75) is 56.3 Å². The molecular formula is C21H20F3N5O2S. The highest BCUT2D eigenvalue weighted by molar-refractivity contribution is 7.89. The van der Waals surface area contributed by atoms with E-state index in [-0.39, 0.29) is 11.9 Å². The van der Waals surface area contributed by atoms with E-state index in [1.807, 2.05) is 29.7 Å². The van der Waals surface area contributed by atoms with Crippen LogP contribution < -0.4 is 4.72 Å². The number of hydrogen-bond donors (Lipinski definition) is 1. The summed E-state index contributed by atoms with van der Waals surface area (Å²) in [6.07, 6.45) is 0.115. The van der Waals surface area contributed by atoms with Crippen molar-refractivity contribution in [2.75, 3.05) is 0 Å². The van der Waals surface area contributed by atoms with Gasteiger partial charge in [0.2, 0.25) is 10.0 Å². The highest BCUT2D eigenvalue weighted by Gasteiger charge is 2.39. The molecule has 1 fully saturated rings. The van der Waals surface area contributed by atoms with E-state index in [0.717, 1.165) is 48.1 Å². The Balaban J connectivity index is 1.80. The standard InChI is InChI=1S/C21H20F3N5O2S/c1-12-6-7-18-16(8-12)17(9-25)19(29(18)14-4-3-5-14)20-26-10-15(11-27-20)32(30,31)28-13(2)21(22,23)24/h6-8,10-11,13-14,28H,3-5H2,1-2H3/t13-/m0/s1. The van der Waals surface area contributed by atoms with Crippen molar-refractivity contribution in [1.82, 2.24) is 19.3 Å². The topological polar surface area (TPSA) is 101 Å². The summed E-state index contributed by atoms with van der Waals surface area (Å²) in [5.74, 6) is 0.144. The van der Waals surface area contributed by atoms with Gasteiger partial charge in [-0.2, -0.15) is 23.2 Å². The minimum Gasteiger partial charge on any atom is -0.334 e. The molecule has 0 aliphatic heterocycles. The average molecular weight is 463 g/mol. The van der Waals surface area contributed by atoms with Crippen molar-refractivity contribution < 1.29 is 21.6 Å². The number of sulfonamides is 1. The first-order valence-corrected chi connectivity index (χ1v) is 11.5. The maximum atomic E-state index is 12.8. The third kappa shape index (κ3) is 3.84. The molecule has 0 bridgehead atoms. The molecule has 168 valence electrons. The zero-order valence-corrected chi connectivity index (χ0v) is 18.1. The Bertz CT molecular complexity index is 1320. The second-order valence-electron chi connectivity index (χ2n) is 7.94. The zero-order valence-electron chi connectivity index (χ0n) is 17.3. The van der Waals surface area contributed by atoms with Gasteiger partial charge in [0.1, 0.15) is 22.7 Å². The van der Waals surface area contributed by atoms with Crippen molar-refractivity contribution in [1.29, 1.82) is 5.26 Å². The fraction of sp³-hybridized carbons (Fsp3) is 0.381. The number of aromatic nitrogens is 3. The molecule has 1 atom stereocenters. The Kier molecular flexibility index (Phi) is 5.46. The van der Waals surface area contributed by atoms with Gasteiger partial charge in [0.05, 0.1) is 23.5 Å². The number of nitrogens with zero attached hydrogens (tertiary/aromatic N) is 4. The number of rotatable bonds is 5. The molecule has 32 heavy (non-hydrogen) atoms. The molecule has 0 unspecified atom stereocenters. The molecular weight excluding hydrogens is 443 g/mol. The van der Waals surface area contributed by atoms with E-state index in [1.165, 1.54) is 0 Å². The summed E-state index contributed by atoms with van der Waals surface area (Å²) in [5.41, 5.74) is 2.72. The fourth-order valence-electron chi connectivity index (χ4n) is 3.73. The van der Waals surface area contributed by atoms with Crippen LogP contribution in [0, 0.1) is 18.3 Å². The quantitative estimate of drug-likeness (QED) is 0.610. The second-order valence-corrected chi connectivity index (χ2v) is 9.65. The number of alkyl halides is 3. The Morgan fingerprint density at radius 3 is 2.44 bits per heavy atom. The molecule has 1 saturated carbocycles. The number of nitriles is 1. The van der Waals surface area contributed by atoms with Gasteiger partial charge in [-0.15, -0.1) is 0 Å². The molecule has 0 amide bonds. The summed E-state index contributed by atoms with van der Waals surface area (Å²) in [5, 5.41) is 10.6. The predicted molar refractivity (Wildman–Crippen MR) is 111 cm³/mol. The molecule has 7 nitrogen and oxygen atoms in total. The van der Waals surface area contributed by atoms with E-state index in [9.17, 15) is 26.9 Å². The van der Waals surface area contributed by atoms with Crippen LogP contribution in [0.3, 0.4) is 0 Å². The van der Waals surface area contributed by atoms with E-state index in [0.29, 0.717) is 18.2 Å². The van der Waals surface area contributed by atoms with Crippen molar-refractivity contribution >= 4 is 20.9 Å². The molecule has 0 radical (unpaired) electrons. The second kappa shape index (κ2) is 7.86. The molecule has 1 aromatic carbocycles. The first kappa shape index (κ1) is 22.2. The Hall–Kier alpha value is -2.97. The third-order valence-corrected chi connectivity index (χ3v) is 7.18. The van der Waals surface area contributed by atoms with Crippen LogP contribution in [-0.2, 0) is 10.0 Å². The summed E-state index contributed by atoms with van der Waals surface area (Å²) in [6.45, 7) is 2.64. The van der Waals surface area contributed by atoms with Crippen molar-refractivity contribution in [2.24, 2.45) is 0 Å². The smallest absolute Gasteiger partial charge is 0.334 e. The van der Waals surface area contributed by atoms with Gasteiger partial charge >= 0.3 is 6.18 Å². The van der Waals surface area contributed by atoms with Crippen LogP contribution in [0.5, 0.6) is 0 Å². The molecule has 4 rings (SSSR count). The monoisotopic (exact) mass is 463 g/mol. The van der Waals surface area contributed by atoms with Crippen LogP contribution in [-0.4, -0.2) is 35.2 Å². The molecule has 1 aliphatic carbocycles. The maximum Gasteiger partial charge on any atom is 0.404 e. The van der Waals surface area contributed by atoms with Gasteiger partial charge in [-0.05, 0) is 45.2 Å². The van der Waals surface area contributed by atoms with E-state index >= 15 is 0 Å². The molecule has 2 aromatic heterocycles. The molecule has 1 aliphatic rings. The number of halogens is 3. The largest absolute Gasteiger partial charge is 0.404 e. The molecule has 0 saturated heterocycles. The van der Waals surface area contributed by atoms with Crippen LogP contribution in [0.2, 0.25) is 0 Å². The fourth-order valence-corrected chi connectivity index (χ4v) is 4.85. The number of hydrogen-bond acceptors (Lipinski definition) is 5. The van der Waals surface area contributed by atoms with Gasteiger partial charge in [-0.25, -0.2) is 18.4 Å². The van der Waals surface area contributed by atoms with Gasteiger partial charge in [-0.1, -0.05) is 11.6 Å².